The quantitative estimate of drug-likeness (QED) is 0.0688. The number of hydrogen-bond acceptors (Lipinski definition) is 10. The van der Waals surface area contributed by atoms with Crippen LogP contribution < -0.4 is 49.7 Å². The standard InChI is InChI=1S/C42H42N4O6/c1-47-33-15-5-11-29(25-33)43-37-19-9-21-39(41(37)45-31-13-7-17-35(27-31)49-3)51-23-24-52-40-22-10-20-38(44-30-12-6-16-34(26-30)48-2)42(40)46-32-14-8-18-36(28-32)50-4/h5-22,25-28,43-46H,23-24H2,1-4H3. The van der Waals surface area contributed by atoms with E-state index in [2.05, 4.69) is 21.3 Å². The lowest BCUT2D eigenvalue weighted by Gasteiger charge is -2.20. The van der Waals surface area contributed by atoms with Gasteiger partial charge in [-0.1, -0.05) is 36.4 Å². The lowest BCUT2D eigenvalue weighted by atomic mass is 10.2. The van der Waals surface area contributed by atoms with E-state index in [4.69, 9.17) is 28.4 Å². The number of benzene rings is 6. The van der Waals surface area contributed by atoms with Gasteiger partial charge in [0.2, 0.25) is 0 Å². The van der Waals surface area contributed by atoms with Crippen molar-refractivity contribution in [2.75, 3.05) is 62.9 Å². The zero-order valence-corrected chi connectivity index (χ0v) is 29.6. The van der Waals surface area contributed by atoms with Gasteiger partial charge in [-0.15, -0.1) is 0 Å². The number of anilines is 8. The molecule has 0 aromatic heterocycles. The van der Waals surface area contributed by atoms with Gasteiger partial charge >= 0.3 is 0 Å². The highest BCUT2D eigenvalue weighted by Gasteiger charge is 2.15. The SMILES string of the molecule is COc1cccc(Nc2cccc(OCCOc3cccc(Nc4cccc(OC)c4)c3Nc3cccc(OC)c3)c2Nc2cccc(OC)c2)c1. The third kappa shape index (κ3) is 9.10. The number of ether oxygens (including phenoxy) is 6. The Hall–Kier alpha value is -6.68. The molecular weight excluding hydrogens is 656 g/mol. The van der Waals surface area contributed by atoms with Crippen molar-refractivity contribution in [3.05, 3.63) is 133 Å². The van der Waals surface area contributed by atoms with E-state index in [9.17, 15) is 0 Å². The summed E-state index contributed by atoms with van der Waals surface area (Å²) < 4.78 is 34.6. The fourth-order valence-corrected chi connectivity index (χ4v) is 5.48. The van der Waals surface area contributed by atoms with Crippen molar-refractivity contribution in [1.29, 1.82) is 0 Å². The Morgan fingerprint density at radius 1 is 0.365 bits per heavy atom. The molecule has 10 heteroatoms. The first kappa shape index (κ1) is 35.2. The molecule has 0 radical (unpaired) electrons. The summed E-state index contributed by atoms with van der Waals surface area (Å²) in [7, 11) is 6.59. The molecule has 6 aromatic rings. The van der Waals surface area contributed by atoms with Gasteiger partial charge in [0, 0.05) is 47.0 Å². The summed E-state index contributed by atoms with van der Waals surface area (Å²) in [4.78, 5) is 0. The Bertz CT molecular complexity index is 1940. The molecule has 0 atom stereocenters. The molecule has 0 aliphatic heterocycles. The summed E-state index contributed by atoms with van der Waals surface area (Å²) in [6, 6.07) is 42.7. The molecule has 4 N–H and O–H groups in total. The van der Waals surface area contributed by atoms with Crippen LogP contribution in [0.2, 0.25) is 0 Å². The van der Waals surface area contributed by atoms with Gasteiger partial charge in [-0.05, 0) is 72.8 Å². The number of nitrogens with one attached hydrogen (secondary N) is 4. The van der Waals surface area contributed by atoms with Crippen LogP contribution in [0.15, 0.2) is 133 Å². The fraction of sp³-hybridized carbons (Fsp3) is 0.143. The Balaban J connectivity index is 1.24. The number of hydrogen-bond donors (Lipinski definition) is 4. The predicted octanol–water partition coefficient (Wildman–Crippen LogP) is 10.2. The summed E-state index contributed by atoms with van der Waals surface area (Å²) >= 11 is 0. The van der Waals surface area contributed by atoms with E-state index < -0.39 is 0 Å². The van der Waals surface area contributed by atoms with Gasteiger partial charge in [0.25, 0.3) is 0 Å². The maximum atomic E-state index is 6.40. The first-order chi connectivity index (χ1) is 25.5. The van der Waals surface area contributed by atoms with E-state index in [0.717, 1.165) is 68.5 Å². The molecule has 0 fully saturated rings. The Morgan fingerprint density at radius 3 is 1.00 bits per heavy atom. The maximum Gasteiger partial charge on any atom is 0.145 e. The van der Waals surface area contributed by atoms with Gasteiger partial charge in [-0.25, -0.2) is 0 Å². The summed E-state index contributed by atoms with van der Waals surface area (Å²) in [6.45, 7) is 0.531. The van der Waals surface area contributed by atoms with Crippen LogP contribution in [0.3, 0.4) is 0 Å². The molecule has 266 valence electrons. The lowest BCUT2D eigenvalue weighted by molar-refractivity contribution is 0.218. The number of methoxy groups -OCH3 is 4. The van der Waals surface area contributed by atoms with Gasteiger partial charge in [0.15, 0.2) is 0 Å². The van der Waals surface area contributed by atoms with Crippen molar-refractivity contribution in [1.82, 2.24) is 0 Å². The first-order valence-electron chi connectivity index (χ1n) is 16.7. The Labute approximate surface area is 304 Å². The molecule has 0 aliphatic carbocycles. The maximum absolute atomic E-state index is 6.40. The van der Waals surface area contributed by atoms with Gasteiger partial charge in [0.05, 0.1) is 39.8 Å². The normalized spacial score (nSPS) is 10.5. The van der Waals surface area contributed by atoms with Crippen LogP contribution in [0.25, 0.3) is 0 Å². The smallest absolute Gasteiger partial charge is 0.145 e. The summed E-state index contributed by atoms with van der Waals surface area (Å²) in [6.07, 6.45) is 0. The highest BCUT2D eigenvalue weighted by molar-refractivity contribution is 5.85. The Kier molecular flexibility index (Phi) is 11.7. The van der Waals surface area contributed by atoms with E-state index >= 15 is 0 Å². The number of rotatable bonds is 17. The molecule has 0 aliphatic rings. The molecule has 6 aromatic carbocycles. The molecule has 0 amide bonds. The molecule has 0 bridgehead atoms. The van der Waals surface area contributed by atoms with E-state index in [1.165, 1.54) is 0 Å². The summed E-state index contributed by atoms with van der Waals surface area (Å²) in [5.41, 5.74) is 6.56. The van der Waals surface area contributed by atoms with E-state index in [1.807, 2.05) is 133 Å². The van der Waals surface area contributed by atoms with Crippen molar-refractivity contribution in [2.24, 2.45) is 0 Å². The van der Waals surface area contributed by atoms with E-state index in [1.54, 1.807) is 28.4 Å². The second-order valence-corrected chi connectivity index (χ2v) is 11.5. The highest BCUT2D eigenvalue weighted by Crippen LogP contribution is 2.40. The van der Waals surface area contributed by atoms with Crippen molar-refractivity contribution in [2.45, 2.75) is 0 Å². The van der Waals surface area contributed by atoms with Gasteiger partial charge < -0.3 is 49.7 Å². The lowest BCUT2D eigenvalue weighted by Crippen LogP contribution is -2.11. The van der Waals surface area contributed by atoms with Gasteiger partial charge in [-0.2, -0.15) is 0 Å². The molecule has 52 heavy (non-hydrogen) atoms. The third-order valence-corrected chi connectivity index (χ3v) is 8.03. The minimum absolute atomic E-state index is 0.265. The van der Waals surface area contributed by atoms with Crippen molar-refractivity contribution in [3.8, 4) is 34.5 Å². The van der Waals surface area contributed by atoms with Gasteiger partial charge in [-0.3, -0.25) is 0 Å². The van der Waals surface area contributed by atoms with Gasteiger partial charge in [0.1, 0.15) is 59.1 Å². The largest absolute Gasteiger partial charge is 0.497 e. The zero-order chi connectivity index (χ0) is 36.1. The molecule has 0 unspecified atom stereocenters. The van der Waals surface area contributed by atoms with E-state index in [-0.39, 0.29) is 13.2 Å². The fourth-order valence-electron chi connectivity index (χ4n) is 5.48. The number of para-hydroxylation sites is 2. The minimum Gasteiger partial charge on any atom is -0.497 e. The van der Waals surface area contributed by atoms with Crippen LogP contribution in [-0.4, -0.2) is 41.7 Å². The second kappa shape index (κ2) is 17.3. The van der Waals surface area contributed by atoms with Crippen LogP contribution in [0.1, 0.15) is 0 Å². The average Bonchev–Trinajstić information content (AvgIpc) is 3.18. The molecule has 10 nitrogen and oxygen atoms in total. The summed E-state index contributed by atoms with van der Waals surface area (Å²) in [5, 5.41) is 14.1. The molecule has 0 saturated carbocycles. The van der Waals surface area contributed by atoms with Crippen LogP contribution >= 0.6 is 0 Å². The topological polar surface area (TPSA) is 104 Å². The molecule has 6 rings (SSSR count). The summed E-state index contributed by atoms with van der Waals surface area (Å²) in [5.74, 6) is 4.26. The third-order valence-electron chi connectivity index (χ3n) is 8.03. The highest BCUT2D eigenvalue weighted by atomic mass is 16.5. The predicted molar refractivity (Wildman–Crippen MR) is 209 cm³/mol. The van der Waals surface area contributed by atoms with Crippen LogP contribution in [0, 0.1) is 0 Å². The van der Waals surface area contributed by atoms with Crippen molar-refractivity contribution < 1.29 is 28.4 Å². The van der Waals surface area contributed by atoms with Crippen molar-refractivity contribution >= 4 is 45.5 Å². The zero-order valence-electron chi connectivity index (χ0n) is 29.6. The average molecular weight is 699 g/mol. The minimum atomic E-state index is 0.265. The molecule has 0 saturated heterocycles. The monoisotopic (exact) mass is 698 g/mol. The molecule has 0 spiro atoms. The van der Waals surface area contributed by atoms with Crippen molar-refractivity contribution in [3.63, 3.8) is 0 Å². The molecular formula is C42H42N4O6. The first-order valence-corrected chi connectivity index (χ1v) is 16.7. The Morgan fingerprint density at radius 2 is 0.673 bits per heavy atom. The molecule has 0 heterocycles. The van der Waals surface area contributed by atoms with Crippen LogP contribution in [0.4, 0.5) is 45.5 Å². The second-order valence-electron chi connectivity index (χ2n) is 11.5. The van der Waals surface area contributed by atoms with Crippen LogP contribution in [0.5, 0.6) is 34.5 Å². The van der Waals surface area contributed by atoms with Crippen LogP contribution in [-0.2, 0) is 0 Å². The van der Waals surface area contributed by atoms with E-state index in [0.29, 0.717) is 11.5 Å².